The lowest BCUT2D eigenvalue weighted by Gasteiger charge is -2.28. The third kappa shape index (κ3) is 1.19. The molecule has 3 rings (SSSR count). The Morgan fingerprint density at radius 1 is 1.31 bits per heavy atom. The molecule has 3 N–H and O–H groups in total. The molecule has 16 heavy (non-hydrogen) atoms. The summed E-state index contributed by atoms with van der Waals surface area (Å²) < 4.78 is 0. The van der Waals surface area contributed by atoms with Crippen molar-refractivity contribution in [2.75, 3.05) is 5.32 Å². The minimum atomic E-state index is -0.820. The fourth-order valence-electron chi connectivity index (χ4n) is 2.49. The summed E-state index contributed by atoms with van der Waals surface area (Å²) in [7, 11) is 0. The van der Waals surface area contributed by atoms with Gasteiger partial charge in [0.05, 0.1) is 6.04 Å². The third-order valence-corrected chi connectivity index (χ3v) is 3.23. The maximum Gasteiger partial charge on any atom is 0.328 e. The Kier molecular flexibility index (Phi) is 1.89. The minimum absolute atomic E-state index is 0.0973. The van der Waals surface area contributed by atoms with Crippen LogP contribution in [0.15, 0.2) is 36.5 Å². The highest BCUT2D eigenvalue weighted by atomic mass is 16.4. The number of anilines is 1. The molecule has 2 aliphatic rings. The van der Waals surface area contributed by atoms with Crippen LogP contribution in [-0.2, 0) is 4.79 Å². The smallest absolute Gasteiger partial charge is 0.328 e. The summed E-state index contributed by atoms with van der Waals surface area (Å²) in [6, 6.07) is 7.30. The first-order valence-electron chi connectivity index (χ1n) is 5.28. The van der Waals surface area contributed by atoms with Gasteiger partial charge in [0.1, 0.15) is 6.04 Å². The van der Waals surface area contributed by atoms with Crippen molar-refractivity contribution in [2.45, 2.75) is 18.0 Å². The molecule has 2 aliphatic heterocycles. The highest BCUT2D eigenvalue weighted by molar-refractivity contribution is 5.78. The Hall–Kier alpha value is -1.97. The van der Waals surface area contributed by atoms with Crippen molar-refractivity contribution in [3.63, 3.8) is 0 Å². The topological polar surface area (TPSA) is 61.4 Å². The van der Waals surface area contributed by atoms with Crippen molar-refractivity contribution in [1.82, 2.24) is 5.32 Å². The Morgan fingerprint density at radius 3 is 2.94 bits per heavy atom. The van der Waals surface area contributed by atoms with Gasteiger partial charge in [-0.05, 0) is 17.8 Å². The Morgan fingerprint density at radius 2 is 2.12 bits per heavy atom. The SMILES string of the molecule is O=C(O)C1NC=CC2c3ccccc3NC12. The van der Waals surface area contributed by atoms with Crippen LogP contribution in [0.1, 0.15) is 11.5 Å². The maximum absolute atomic E-state index is 11.1. The number of carbonyl (C=O) groups is 1. The van der Waals surface area contributed by atoms with Gasteiger partial charge >= 0.3 is 5.97 Å². The van der Waals surface area contributed by atoms with Crippen LogP contribution in [0.25, 0.3) is 0 Å². The van der Waals surface area contributed by atoms with Crippen LogP contribution < -0.4 is 10.6 Å². The molecule has 0 aromatic heterocycles. The Balaban J connectivity index is 2.02. The number of fused-ring (bicyclic) bond motifs is 3. The lowest BCUT2D eigenvalue weighted by molar-refractivity contribution is -0.139. The van der Waals surface area contributed by atoms with E-state index >= 15 is 0 Å². The third-order valence-electron chi connectivity index (χ3n) is 3.23. The number of benzene rings is 1. The number of rotatable bonds is 1. The lowest BCUT2D eigenvalue weighted by Crippen LogP contribution is -2.50. The predicted octanol–water partition coefficient (Wildman–Crippen LogP) is 1.13. The molecule has 0 radical (unpaired) electrons. The van der Waals surface area contributed by atoms with Gasteiger partial charge in [-0.2, -0.15) is 0 Å². The number of carboxylic acids is 1. The van der Waals surface area contributed by atoms with Gasteiger partial charge in [-0.15, -0.1) is 0 Å². The van der Waals surface area contributed by atoms with Gasteiger partial charge in [-0.1, -0.05) is 24.3 Å². The van der Waals surface area contributed by atoms with E-state index in [0.29, 0.717) is 0 Å². The molecule has 0 saturated carbocycles. The van der Waals surface area contributed by atoms with Crippen LogP contribution in [0.4, 0.5) is 5.69 Å². The standard InChI is InChI=1S/C12H12N2O2/c15-12(16)11-10-8(5-6-13-11)7-3-1-2-4-9(7)14-10/h1-6,8,10-11,13-14H,(H,15,16). The van der Waals surface area contributed by atoms with E-state index in [1.54, 1.807) is 6.20 Å². The van der Waals surface area contributed by atoms with E-state index in [0.717, 1.165) is 5.69 Å². The summed E-state index contributed by atoms with van der Waals surface area (Å²) in [5.74, 6) is -0.668. The number of hydrogen-bond acceptors (Lipinski definition) is 3. The van der Waals surface area contributed by atoms with Crippen LogP contribution >= 0.6 is 0 Å². The molecule has 0 amide bonds. The highest BCUT2D eigenvalue weighted by Crippen LogP contribution is 2.39. The molecule has 0 bridgehead atoms. The minimum Gasteiger partial charge on any atom is -0.480 e. The molecule has 2 heterocycles. The van der Waals surface area contributed by atoms with Crippen LogP contribution in [-0.4, -0.2) is 23.2 Å². The van der Waals surface area contributed by atoms with E-state index < -0.39 is 12.0 Å². The monoisotopic (exact) mass is 216 g/mol. The summed E-state index contributed by atoms with van der Waals surface area (Å²) in [5, 5.41) is 15.3. The average Bonchev–Trinajstić information content (AvgIpc) is 2.67. The molecule has 1 aromatic rings. The summed E-state index contributed by atoms with van der Waals surface area (Å²) in [4.78, 5) is 11.1. The molecule has 0 aliphatic carbocycles. The van der Waals surface area contributed by atoms with Gasteiger partial charge < -0.3 is 15.7 Å². The van der Waals surface area contributed by atoms with Gasteiger partial charge in [0, 0.05) is 11.6 Å². The average molecular weight is 216 g/mol. The first-order chi connectivity index (χ1) is 7.77. The van der Waals surface area contributed by atoms with E-state index in [1.165, 1.54) is 5.56 Å². The van der Waals surface area contributed by atoms with Gasteiger partial charge in [0.15, 0.2) is 0 Å². The van der Waals surface area contributed by atoms with Crippen molar-refractivity contribution in [1.29, 1.82) is 0 Å². The van der Waals surface area contributed by atoms with Gasteiger partial charge in [-0.3, -0.25) is 0 Å². The molecule has 3 atom stereocenters. The number of para-hydroxylation sites is 1. The van der Waals surface area contributed by atoms with Crippen LogP contribution in [0, 0.1) is 0 Å². The van der Waals surface area contributed by atoms with Crippen molar-refractivity contribution in [2.24, 2.45) is 0 Å². The molecule has 3 unspecified atom stereocenters. The summed E-state index contributed by atoms with van der Waals surface area (Å²) in [5.41, 5.74) is 2.22. The molecular weight excluding hydrogens is 204 g/mol. The van der Waals surface area contributed by atoms with Crippen molar-refractivity contribution < 1.29 is 9.90 Å². The Bertz CT molecular complexity index is 470. The molecule has 4 heteroatoms. The van der Waals surface area contributed by atoms with E-state index in [1.807, 2.05) is 30.3 Å². The quantitative estimate of drug-likeness (QED) is 0.658. The summed E-state index contributed by atoms with van der Waals surface area (Å²) in [6.07, 6.45) is 3.76. The van der Waals surface area contributed by atoms with Gasteiger partial charge in [-0.25, -0.2) is 4.79 Å². The fourth-order valence-corrected chi connectivity index (χ4v) is 2.49. The first-order valence-corrected chi connectivity index (χ1v) is 5.28. The molecule has 4 nitrogen and oxygen atoms in total. The maximum atomic E-state index is 11.1. The molecule has 1 aromatic carbocycles. The molecule has 82 valence electrons. The van der Waals surface area contributed by atoms with Crippen molar-refractivity contribution in [3.8, 4) is 0 Å². The molecular formula is C12H12N2O2. The molecule has 0 spiro atoms. The summed E-state index contributed by atoms with van der Waals surface area (Å²) >= 11 is 0. The second-order valence-electron chi connectivity index (χ2n) is 4.12. The number of carboxylic acid groups (broad SMARTS) is 1. The van der Waals surface area contributed by atoms with Crippen molar-refractivity contribution in [3.05, 3.63) is 42.1 Å². The van der Waals surface area contributed by atoms with E-state index in [4.69, 9.17) is 5.11 Å². The molecule has 0 saturated heterocycles. The first kappa shape index (κ1) is 9.27. The zero-order valence-corrected chi connectivity index (χ0v) is 8.55. The van der Waals surface area contributed by atoms with Crippen LogP contribution in [0.3, 0.4) is 0 Å². The van der Waals surface area contributed by atoms with E-state index in [-0.39, 0.29) is 12.0 Å². The Labute approximate surface area is 93.0 Å². The number of aliphatic carboxylic acids is 1. The zero-order valence-electron chi connectivity index (χ0n) is 8.55. The molecule has 0 fully saturated rings. The number of nitrogens with one attached hydrogen (secondary N) is 2. The lowest BCUT2D eigenvalue weighted by atomic mass is 9.88. The van der Waals surface area contributed by atoms with E-state index in [2.05, 4.69) is 10.6 Å². The normalized spacial score (nSPS) is 29.9. The second kappa shape index (κ2) is 3.27. The van der Waals surface area contributed by atoms with Gasteiger partial charge in [0.25, 0.3) is 0 Å². The highest BCUT2D eigenvalue weighted by Gasteiger charge is 2.40. The van der Waals surface area contributed by atoms with E-state index in [9.17, 15) is 4.79 Å². The zero-order chi connectivity index (χ0) is 11.1. The van der Waals surface area contributed by atoms with Crippen molar-refractivity contribution >= 4 is 11.7 Å². The van der Waals surface area contributed by atoms with Crippen LogP contribution in [0.2, 0.25) is 0 Å². The predicted molar refractivity (Wildman–Crippen MR) is 60.3 cm³/mol. The number of hydrogen-bond donors (Lipinski definition) is 3. The summed E-state index contributed by atoms with van der Waals surface area (Å²) in [6.45, 7) is 0. The largest absolute Gasteiger partial charge is 0.480 e. The second-order valence-corrected chi connectivity index (χ2v) is 4.12. The van der Waals surface area contributed by atoms with Gasteiger partial charge in [0.2, 0.25) is 0 Å². The van der Waals surface area contributed by atoms with Crippen LogP contribution in [0.5, 0.6) is 0 Å². The fraction of sp³-hybridized carbons (Fsp3) is 0.250.